The van der Waals surface area contributed by atoms with Crippen LogP contribution in [0.3, 0.4) is 0 Å². The van der Waals surface area contributed by atoms with Gasteiger partial charge in [0.05, 0.1) is 10.9 Å². The van der Waals surface area contributed by atoms with Gasteiger partial charge in [-0.15, -0.1) is 0 Å². The number of fused-ring (bicyclic) bond motifs is 1. The van der Waals surface area contributed by atoms with E-state index >= 15 is 0 Å². The van der Waals surface area contributed by atoms with Crippen LogP contribution < -0.4 is 15.8 Å². The molecule has 5 aromatic rings. The van der Waals surface area contributed by atoms with Crippen molar-refractivity contribution in [3.8, 4) is 22.8 Å². The number of ether oxygens (including phenoxy) is 1. The number of aromatic nitrogens is 4. The minimum atomic E-state index is -4.52. The zero-order valence-corrected chi connectivity index (χ0v) is 19.1. The van der Waals surface area contributed by atoms with Crippen molar-refractivity contribution in [3.63, 3.8) is 0 Å². The number of alkyl halides is 3. The number of benzene rings is 3. The van der Waals surface area contributed by atoms with E-state index in [0.717, 1.165) is 12.1 Å². The molecule has 0 aliphatic rings. The number of rotatable bonds is 6. The van der Waals surface area contributed by atoms with Gasteiger partial charge in [0.1, 0.15) is 35.9 Å². The Balaban J connectivity index is 1.41. The summed E-state index contributed by atoms with van der Waals surface area (Å²) in [5, 5.41) is 7.45. The van der Waals surface area contributed by atoms with Gasteiger partial charge in [-0.3, -0.25) is 4.79 Å². The number of hydrogen-bond donors (Lipinski definition) is 2. The molecule has 0 aliphatic carbocycles. The number of nitrogens with one attached hydrogen (secondary N) is 1. The number of nitrogens with two attached hydrogens (primary N) is 1. The molecule has 3 aromatic carbocycles. The number of carbonyl (C=O) groups is 1. The van der Waals surface area contributed by atoms with Crippen molar-refractivity contribution in [3.05, 3.63) is 90.8 Å². The first kappa shape index (κ1) is 23.8. The van der Waals surface area contributed by atoms with Crippen LogP contribution in [0.1, 0.15) is 5.56 Å². The molecule has 0 radical (unpaired) electrons. The summed E-state index contributed by atoms with van der Waals surface area (Å²) < 4.78 is 46.2. The van der Waals surface area contributed by atoms with Crippen LogP contribution in [0.15, 0.2) is 85.2 Å². The molecular weight excluding hydrogens is 485 g/mol. The van der Waals surface area contributed by atoms with Crippen molar-refractivity contribution in [2.24, 2.45) is 0 Å². The third-order valence-electron chi connectivity index (χ3n) is 5.43. The summed E-state index contributed by atoms with van der Waals surface area (Å²) in [6.07, 6.45) is -3.27. The first-order valence-electron chi connectivity index (χ1n) is 11.1. The molecule has 0 fully saturated rings. The second kappa shape index (κ2) is 9.61. The maximum atomic E-state index is 13.0. The largest absolute Gasteiger partial charge is 0.457 e. The fraction of sp³-hybridized carbons (Fsp3) is 0.0769. The van der Waals surface area contributed by atoms with Crippen LogP contribution in [0.25, 0.3) is 22.3 Å². The van der Waals surface area contributed by atoms with Crippen LogP contribution in [0.4, 0.5) is 24.7 Å². The molecule has 37 heavy (non-hydrogen) atoms. The molecule has 186 valence electrons. The van der Waals surface area contributed by atoms with E-state index in [1.54, 1.807) is 24.3 Å². The first-order valence-corrected chi connectivity index (χ1v) is 11.1. The second-order valence-corrected chi connectivity index (χ2v) is 8.03. The minimum Gasteiger partial charge on any atom is -0.457 e. The standard InChI is InChI=1S/C26H19F3N6O2/c27-26(28,29)17-5-4-6-18(13-17)33-21(36)14-35-25-22(24(30)31-15-32-25)23(34-35)16-9-11-20(12-10-16)37-19-7-2-1-3-8-19/h1-13,15H,14H2,(H,33,36)(H2,30,31,32). The molecule has 0 saturated heterocycles. The zero-order chi connectivity index (χ0) is 26.0. The summed E-state index contributed by atoms with van der Waals surface area (Å²) in [5.41, 5.74) is 6.71. The highest BCUT2D eigenvalue weighted by atomic mass is 19.4. The molecule has 11 heteroatoms. The van der Waals surface area contributed by atoms with Crippen molar-refractivity contribution in [2.45, 2.75) is 12.7 Å². The van der Waals surface area contributed by atoms with E-state index in [-0.39, 0.29) is 18.1 Å². The highest BCUT2D eigenvalue weighted by Crippen LogP contribution is 2.33. The number of halogens is 3. The Hall–Kier alpha value is -4.93. The average Bonchev–Trinajstić information content (AvgIpc) is 3.24. The Bertz CT molecular complexity index is 1570. The predicted octanol–water partition coefficient (Wildman–Crippen LogP) is 5.53. The topological polar surface area (TPSA) is 108 Å². The lowest BCUT2D eigenvalue weighted by molar-refractivity contribution is -0.137. The molecule has 2 aromatic heterocycles. The number of para-hydroxylation sites is 1. The molecule has 2 heterocycles. The summed E-state index contributed by atoms with van der Waals surface area (Å²) in [4.78, 5) is 21.0. The van der Waals surface area contributed by atoms with Crippen molar-refractivity contribution >= 4 is 28.4 Å². The van der Waals surface area contributed by atoms with Gasteiger partial charge in [0, 0.05) is 11.3 Å². The van der Waals surface area contributed by atoms with E-state index in [2.05, 4.69) is 20.4 Å². The van der Waals surface area contributed by atoms with Gasteiger partial charge in [0.25, 0.3) is 0 Å². The third-order valence-corrected chi connectivity index (χ3v) is 5.43. The smallest absolute Gasteiger partial charge is 0.416 e. The molecule has 8 nitrogen and oxygen atoms in total. The van der Waals surface area contributed by atoms with Crippen molar-refractivity contribution < 1.29 is 22.7 Å². The first-order chi connectivity index (χ1) is 17.8. The predicted molar refractivity (Wildman–Crippen MR) is 132 cm³/mol. The van der Waals surface area contributed by atoms with Crippen LogP contribution >= 0.6 is 0 Å². The average molecular weight is 504 g/mol. The highest BCUT2D eigenvalue weighted by Gasteiger charge is 2.30. The lowest BCUT2D eigenvalue weighted by Gasteiger charge is -2.10. The molecular formula is C26H19F3N6O2. The summed E-state index contributed by atoms with van der Waals surface area (Å²) >= 11 is 0. The number of nitrogens with zero attached hydrogens (tertiary/aromatic N) is 4. The van der Waals surface area contributed by atoms with E-state index < -0.39 is 17.6 Å². The number of nitrogen functional groups attached to an aromatic ring is 1. The molecule has 1 amide bonds. The maximum absolute atomic E-state index is 13.0. The van der Waals surface area contributed by atoms with Gasteiger partial charge in [-0.05, 0) is 54.6 Å². The lowest BCUT2D eigenvalue weighted by Crippen LogP contribution is -2.20. The summed E-state index contributed by atoms with van der Waals surface area (Å²) in [7, 11) is 0. The molecule has 0 bridgehead atoms. The monoisotopic (exact) mass is 504 g/mol. The molecule has 0 unspecified atom stereocenters. The number of hydrogen-bond acceptors (Lipinski definition) is 6. The van der Waals surface area contributed by atoms with Crippen molar-refractivity contribution in [1.29, 1.82) is 0 Å². The van der Waals surface area contributed by atoms with Crippen molar-refractivity contribution in [2.75, 3.05) is 11.1 Å². The number of anilines is 2. The summed E-state index contributed by atoms with van der Waals surface area (Å²) in [5.74, 6) is 0.894. The quantitative estimate of drug-likeness (QED) is 0.315. The summed E-state index contributed by atoms with van der Waals surface area (Å²) in [6.45, 7) is -0.307. The van der Waals surface area contributed by atoms with Gasteiger partial charge in [-0.25, -0.2) is 14.6 Å². The Morgan fingerprint density at radius 1 is 0.946 bits per heavy atom. The van der Waals surface area contributed by atoms with Gasteiger partial charge >= 0.3 is 6.18 Å². The van der Waals surface area contributed by atoms with E-state index in [9.17, 15) is 18.0 Å². The highest BCUT2D eigenvalue weighted by molar-refractivity contribution is 5.99. The minimum absolute atomic E-state index is 0.0136. The SMILES string of the molecule is Nc1ncnc2c1c(-c1ccc(Oc3ccccc3)cc1)nn2CC(=O)Nc1cccc(C(F)(F)F)c1. The van der Waals surface area contributed by atoms with E-state index in [0.29, 0.717) is 33.8 Å². The zero-order valence-electron chi connectivity index (χ0n) is 19.1. The Labute approximate surface area is 208 Å². The van der Waals surface area contributed by atoms with Crippen LogP contribution in [0, 0.1) is 0 Å². The normalized spacial score (nSPS) is 11.4. The van der Waals surface area contributed by atoms with Gasteiger partial charge in [-0.2, -0.15) is 18.3 Å². The van der Waals surface area contributed by atoms with Gasteiger partial charge in [0.2, 0.25) is 5.91 Å². The summed E-state index contributed by atoms with van der Waals surface area (Å²) in [6, 6.07) is 20.8. The molecule has 5 rings (SSSR count). The second-order valence-electron chi connectivity index (χ2n) is 8.03. The fourth-order valence-corrected chi connectivity index (χ4v) is 3.76. The Kier molecular flexibility index (Phi) is 6.18. The van der Waals surface area contributed by atoms with E-state index in [4.69, 9.17) is 10.5 Å². The maximum Gasteiger partial charge on any atom is 0.416 e. The van der Waals surface area contributed by atoms with E-state index in [1.165, 1.54) is 23.1 Å². The molecule has 0 atom stereocenters. The molecule has 3 N–H and O–H groups in total. The molecule has 0 aliphatic heterocycles. The number of amides is 1. The third kappa shape index (κ3) is 5.20. The van der Waals surface area contributed by atoms with Gasteiger partial charge < -0.3 is 15.8 Å². The molecule has 0 spiro atoms. The Morgan fingerprint density at radius 3 is 2.41 bits per heavy atom. The van der Waals surface area contributed by atoms with Crippen molar-refractivity contribution in [1.82, 2.24) is 19.7 Å². The van der Waals surface area contributed by atoms with E-state index in [1.807, 2.05) is 30.3 Å². The fourth-order valence-electron chi connectivity index (χ4n) is 3.76. The van der Waals surface area contributed by atoms with Gasteiger partial charge in [-0.1, -0.05) is 24.3 Å². The van der Waals surface area contributed by atoms with Crippen LogP contribution in [0.5, 0.6) is 11.5 Å². The van der Waals surface area contributed by atoms with Crippen LogP contribution in [-0.4, -0.2) is 25.7 Å². The van der Waals surface area contributed by atoms with Gasteiger partial charge in [0.15, 0.2) is 5.65 Å². The molecule has 0 saturated carbocycles. The van der Waals surface area contributed by atoms with Crippen LogP contribution in [0.2, 0.25) is 0 Å². The number of carbonyl (C=O) groups excluding carboxylic acids is 1. The lowest BCUT2D eigenvalue weighted by atomic mass is 10.1. The Morgan fingerprint density at radius 2 is 1.68 bits per heavy atom. The van der Waals surface area contributed by atoms with Crippen LogP contribution in [-0.2, 0) is 17.5 Å².